The summed E-state index contributed by atoms with van der Waals surface area (Å²) in [6.07, 6.45) is 6.27. The summed E-state index contributed by atoms with van der Waals surface area (Å²) in [6, 6.07) is 0. The van der Waals surface area contributed by atoms with Crippen LogP contribution in [0, 0.1) is 5.92 Å². The van der Waals surface area contributed by atoms with Crippen LogP contribution < -0.4 is 10.2 Å². The van der Waals surface area contributed by atoms with Gasteiger partial charge in [-0.05, 0) is 32.1 Å². The second kappa shape index (κ2) is 8.17. The molecule has 0 aliphatic carbocycles. The Morgan fingerprint density at radius 1 is 1.38 bits per heavy atom. The average Bonchev–Trinajstić information content (AvgIpc) is 2.50. The number of piperidine rings is 1. The van der Waals surface area contributed by atoms with Gasteiger partial charge in [0.2, 0.25) is 0 Å². The summed E-state index contributed by atoms with van der Waals surface area (Å²) < 4.78 is 5.33. The molecular weight excluding hydrogens is 264 g/mol. The fourth-order valence-electron chi connectivity index (χ4n) is 3.10. The molecule has 1 atom stereocenters. The summed E-state index contributed by atoms with van der Waals surface area (Å²) in [5.74, 6) is 2.72. The number of hydrogen-bond donors (Lipinski definition) is 1. The van der Waals surface area contributed by atoms with Crippen molar-refractivity contribution in [3.63, 3.8) is 0 Å². The van der Waals surface area contributed by atoms with E-state index in [1.54, 1.807) is 13.4 Å². The smallest absolute Gasteiger partial charge is 0.137 e. The highest BCUT2D eigenvalue weighted by atomic mass is 16.5. The van der Waals surface area contributed by atoms with Gasteiger partial charge in [-0.1, -0.05) is 13.3 Å². The molecule has 0 saturated carbocycles. The molecular formula is C16H28N4O. The van der Waals surface area contributed by atoms with Crippen LogP contribution in [0.1, 0.15) is 38.7 Å². The van der Waals surface area contributed by atoms with Crippen LogP contribution in [-0.2, 0) is 11.2 Å². The van der Waals surface area contributed by atoms with Crippen molar-refractivity contribution in [3.8, 4) is 0 Å². The van der Waals surface area contributed by atoms with Crippen LogP contribution in [-0.4, -0.2) is 43.3 Å². The Bertz CT molecular complexity index is 436. The van der Waals surface area contributed by atoms with Gasteiger partial charge < -0.3 is 15.0 Å². The lowest BCUT2D eigenvalue weighted by Gasteiger charge is -2.34. The highest BCUT2D eigenvalue weighted by Crippen LogP contribution is 2.28. The maximum Gasteiger partial charge on any atom is 0.137 e. The van der Waals surface area contributed by atoms with Crippen molar-refractivity contribution in [2.45, 2.75) is 39.5 Å². The van der Waals surface area contributed by atoms with Crippen LogP contribution in [0.2, 0.25) is 0 Å². The van der Waals surface area contributed by atoms with Crippen molar-refractivity contribution in [1.82, 2.24) is 9.97 Å². The Balaban J connectivity index is 2.22. The Kier molecular flexibility index (Phi) is 6.23. The molecule has 2 rings (SSSR count). The molecule has 0 amide bonds. The normalized spacial score (nSPS) is 18.8. The van der Waals surface area contributed by atoms with Crippen molar-refractivity contribution in [3.05, 3.63) is 11.9 Å². The fourth-order valence-corrected chi connectivity index (χ4v) is 3.10. The van der Waals surface area contributed by atoms with Crippen LogP contribution in [0.5, 0.6) is 0 Å². The number of anilines is 2. The van der Waals surface area contributed by atoms with Crippen molar-refractivity contribution in [2.24, 2.45) is 5.92 Å². The number of nitrogens with one attached hydrogen (secondary N) is 1. The van der Waals surface area contributed by atoms with Crippen LogP contribution in [0.15, 0.2) is 6.33 Å². The average molecular weight is 292 g/mol. The van der Waals surface area contributed by atoms with Gasteiger partial charge in [0.15, 0.2) is 0 Å². The molecule has 1 fully saturated rings. The largest absolute Gasteiger partial charge is 0.384 e. The van der Waals surface area contributed by atoms with Gasteiger partial charge in [0, 0.05) is 32.3 Å². The van der Waals surface area contributed by atoms with Crippen LogP contribution >= 0.6 is 0 Å². The van der Waals surface area contributed by atoms with E-state index in [1.165, 1.54) is 18.4 Å². The second-order valence-corrected chi connectivity index (χ2v) is 5.71. The van der Waals surface area contributed by atoms with Crippen LogP contribution in [0.25, 0.3) is 0 Å². The van der Waals surface area contributed by atoms with E-state index in [0.717, 1.165) is 50.7 Å². The van der Waals surface area contributed by atoms with Gasteiger partial charge in [-0.3, -0.25) is 0 Å². The molecule has 1 saturated heterocycles. The lowest BCUT2D eigenvalue weighted by atomic mass is 9.98. The minimum absolute atomic E-state index is 0.607. The second-order valence-electron chi connectivity index (χ2n) is 5.71. The maximum absolute atomic E-state index is 5.33. The van der Waals surface area contributed by atoms with Gasteiger partial charge in [-0.25, -0.2) is 9.97 Å². The first-order valence-electron chi connectivity index (χ1n) is 8.11. The fraction of sp³-hybridized carbons (Fsp3) is 0.750. The Morgan fingerprint density at radius 2 is 2.24 bits per heavy atom. The summed E-state index contributed by atoms with van der Waals surface area (Å²) in [7, 11) is 1.79. The third kappa shape index (κ3) is 4.06. The Morgan fingerprint density at radius 3 is 2.95 bits per heavy atom. The molecule has 0 radical (unpaired) electrons. The van der Waals surface area contributed by atoms with E-state index in [1.807, 2.05) is 0 Å². The third-order valence-electron chi connectivity index (χ3n) is 3.99. The number of methoxy groups -OCH3 is 1. The highest BCUT2D eigenvalue weighted by molar-refractivity contribution is 5.59. The van der Waals surface area contributed by atoms with Crippen molar-refractivity contribution < 1.29 is 4.74 Å². The number of hydrogen-bond acceptors (Lipinski definition) is 5. The van der Waals surface area contributed by atoms with E-state index in [0.29, 0.717) is 5.92 Å². The molecule has 21 heavy (non-hydrogen) atoms. The summed E-state index contributed by atoms with van der Waals surface area (Å²) in [6.45, 7) is 8.15. The molecule has 1 N–H and O–H groups in total. The summed E-state index contributed by atoms with van der Waals surface area (Å²) in [5, 5.41) is 3.37. The Hall–Kier alpha value is -1.36. The molecule has 0 bridgehead atoms. The summed E-state index contributed by atoms with van der Waals surface area (Å²) >= 11 is 0. The van der Waals surface area contributed by atoms with E-state index < -0.39 is 0 Å². The van der Waals surface area contributed by atoms with Gasteiger partial charge in [0.1, 0.15) is 18.0 Å². The van der Waals surface area contributed by atoms with E-state index in [4.69, 9.17) is 4.74 Å². The number of rotatable bonds is 7. The standard InChI is InChI=1S/C16H28N4O/c1-4-7-14-15(17-5-2)18-12-19-16(14)20-9-6-8-13(10-20)11-21-3/h12-13H,4-11H2,1-3H3,(H,17,18,19). The molecule has 1 aliphatic rings. The van der Waals surface area contributed by atoms with Gasteiger partial charge in [-0.15, -0.1) is 0 Å². The van der Waals surface area contributed by atoms with Gasteiger partial charge in [-0.2, -0.15) is 0 Å². The quantitative estimate of drug-likeness (QED) is 0.837. The molecule has 1 aromatic rings. The zero-order valence-corrected chi connectivity index (χ0v) is 13.6. The van der Waals surface area contributed by atoms with Crippen LogP contribution in [0.4, 0.5) is 11.6 Å². The molecule has 1 aliphatic heterocycles. The van der Waals surface area contributed by atoms with Gasteiger partial charge >= 0.3 is 0 Å². The van der Waals surface area contributed by atoms with E-state index >= 15 is 0 Å². The molecule has 5 heteroatoms. The van der Waals surface area contributed by atoms with Crippen molar-refractivity contribution >= 4 is 11.6 Å². The molecule has 118 valence electrons. The molecule has 2 heterocycles. The van der Waals surface area contributed by atoms with Crippen molar-refractivity contribution in [1.29, 1.82) is 0 Å². The highest BCUT2D eigenvalue weighted by Gasteiger charge is 2.23. The molecule has 1 aromatic heterocycles. The lowest BCUT2D eigenvalue weighted by Crippen LogP contribution is -2.38. The maximum atomic E-state index is 5.33. The lowest BCUT2D eigenvalue weighted by molar-refractivity contribution is 0.143. The summed E-state index contributed by atoms with van der Waals surface area (Å²) in [5.41, 5.74) is 1.26. The monoisotopic (exact) mass is 292 g/mol. The topological polar surface area (TPSA) is 50.3 Å². The minimum atomic E-state index is 0.607. The Labute approximate surface area is 128 Å². The number of ether oxygens (including phenoxy) is 1. The summed E-state index contributed by atoms with van der Waals surface area (Å²) in [4.78, 5) is 11.4. The first-order valence-corrected chi connectivity index (χ1v) is 8.11. The van der Waals surface area contributed by atoms with Gasteiger partial charge in [0.05, 0.1) is 6.61 Å². The predicted molar refractivity (Wildman–Crippen MR) is 87.0 cm³/mol. The number of nitrogens with zero attached hydrogens (tertiary/aromatic N) is 3. The molecule has 0 spiro atoms. The van der Waals surface area contributed by atoms with Gasteiger partial charge in [0.25, 0.3) is 0 Å². The van der Waals surface area contributed by atoms with Crippen LogP contribution in [0.3, 0.4) is 0 Å². The minimum Gasteiger partial charge on any atom is -0.384 e. The van der Waals surface area contributed by atoms with Crippen molar-refractivity contribution in [2.75, 3.05) is 43.6 Å². The molecule has 5 nitrogen and oxygen atoms in total. The SMILES string of the molecule is CCCc1c(NCC)ncnc1N1CCCC(COC)C1. The molecule has 1 unspecified atom stereocenters. The number of aromatic nitrogens is 2. The zero-order valence-electron chi connectivity index (χ0n) is 13.6. The zero-order chi connectivity index (χ0) is 15.1. The van der Waals surface area contributed by atoms with E-state index in [9.17, 15) is 0 Å². The molecule has 0 aromatic carbocycles. The van der Waals surface area contributed by atoms with E-state index in [-0.39, 0.29) is 0 Å². The predicted octanol–water partition coefficient (Wildman–Crippen LogP) is 2.72. The van der Waals surface area contributed by atoms with E-state index in [2.05, 4.69) is 34.0 Å². The third-order valence-corrected chi connectivity index (χ3v) is 3.99. The first kappa shape index (κ1) is 16.0. The first-order chi connectivity index (χ1) is 10.3.